The van der Waals surface area contributed by atoms with Crippen molar-refractivity contribution in [3.05, 3.63) is 71.1 Å². The lowest BCUT2D eigenvalue weighted by molar-refractivity contribution is 0.0497. The molecule has 2 N–H and O–H groups in total. The molecule has 0 bridgehead atoms. The molecular formula is C23H24F3N3O. The van der Waals surface area contributed by atoms with Crippen LogP contribution in [0, 0.1) is 30.3 Å². The Labute approximate surface area is 173 Å². The second kappa shape index (κ2) is 8.52. The first-order chi connectivity index (χ1) is 14.4. The quantitative estimate of drug-likeness (QED) is 0.681. The predicted molar refractivity (Wildman–Crippen MR) is 110 cm³/mol. The zero-order valence-electron chi connectivity index (χ0n) is 16.7. The van der Waals surface area contributed by atoms with Gasteiger partial charge in [-0.25, -0.2) is 13.2 Å². The number of amides is 1. The second-order valence-corrected chi connectivity index (χ2v) is 8.02. The number of hydrogen-bond acceptors (Lipinski definition) is 3. The van der Waals surface area contributed by atoms with E-state index < -0.39 is 23.4 Å². The molecule has 30 heavy (non-hydrogen) atoms. The van der Waals surface area contributed by atoms with E-state index in [4.69, 9.17) is 0 Å². The summed E-state index contributed by atoms with van der Waals surface area (Å²) in [5, 5.41) is 6.07. The minimum absolute atomic E-state index is 0.0136. The molecule has 0 radical (unpaired) electrons. The van der Waals surface area contributed by atoms with Crippen LogP contribution in [0.25, 0.3) is 0 Å². The van der Waals surface area contributed by atoms with Crippen molar-refractivity contribution in [2.45, 2.75) is 25.8 Å². The minimum Gasteiger partial charge on any atom is -0.350 e. The summed E-state index contributed by atoms with van der Waals surface area (Å²) in [5.41, 5.74) is 0.319. The van der Waals surface area contributed by atoms with Gasteiger partial charge >= 0.3 is 0 Å². The molecule has 1 amide bonds. The highest BCUT2D eigenvalue weighted by Crippen LogP contribution is 2.30. The molecule has 1 aliphatic heterocycles. The molecule has 4 rings (SSSR count). The number of hydrogen-bond donors (Lipinski definition) is 2. The van der Waals surface area contributed by atoms with Crippen LogP contribution in [0.1, 0.15) is 28.8 Å². The number of nitrogens with one attached hydrogen (secondary N) is 2. The number of halogens is 3. The number of anilines is 2. The third-order valence-electron chi connectivity index (χ3n) is 5.66. The number of benzene rings is 2. The van der Waals surface area contributed by atoms with Crippen LogP contribution in [0.4, 0.5) is 24.5 Å². The zero-order valence-corrected chi connectivity index (χ0v) is 16.7. The Morgan fingerprint density at radius 1 is 1.07 bits per heavy atom. The Balaban J connectivity index is 1.46. The van der Waals surface area contributed by atoms with Gasteiger partial charge in [0.2, 0.25) is 0 Å². The van der Waals surface area contributed by atoms with E-state index in [0.717, 1.165) is 25.5 Å². The van der Waals surface area contributed by atoms with E-state index in [1.807, 2.05) is 0 Å². The molecular weight excluding hydrogens is 391 g/mol. The molecule has 0 unspecified atom stereocenters. The second-order valence-electron chi connectivity index (χ2n) is 8.02. The first kappa shape index (κ1) is 20.5. The van der Waals surface area contributed by atoms with Crippen LogP contribution >= 0.6 is 0 Å². The maximum atomic E-state index is 14.5. The molecule has 0 aromatic heterocycles. The summed E-state index contributed by atoms with van der Waals surface area (Å²) in [6, 6.07) is 6.99. The Morgan fingerprint density at radius 2 is 1.80 bits per heavy atom. The average Bonchev–Trinajstić information content (AvgIpc) is 3.19. The number of aryl methyl sites for hydroxylation is 1. The van der Waals surface area contributed by atoms with E-state index in [0.29, 0.717) is 30.6 Å². The maximum Gasteiger partial charge on any atom is 0.256 e. The largest absolute Gasteiger partial charge is 0.350 e. The fraction of sp³-hybridized carbons (Fsp3) is 0.348. The number of nitrogens with zero attached hydrogens (tertiary/aromatic N) is 1. The monoisotopic (exact) mass is 415 g/mol. The minimum atomic E-state index is -1.20. The molecule has 2 aromatic rings. The van der Waals surface area contributed by atoms with Gasteiger partial charge in [-0.05, 0) is 49.6 Å². The summed E-state index contributed by atoms with van der Waals surface area (Å²) in [5.74, 6) is -2.98. The smallest absolute Gasteiger partial charge is 0.256 e. The fourth-order valence-corrected chi connectivity index (χ4v) is 3.86. The van der Waals surface area contributed by atoms with E-state index >= 15 is 0 Å². The van der Waals surface area contributed by atoms with Gasteiger partial charge in [0.15, 0.2) is 11.6 Å². The molecule has 4 nitrogen and oxygen atoms in total. The number of rotatable bonds is 6. The van der Waals surface area contributed by atoms with E-state index in [9.17, 15) is 18.0 Å². The SMILES string of the molecule is Cc1ccc(Nc2c(C(=O)N3CC(CNC4CC=CC4)C3)ccc(F)c2F)c(F)c1. The van der Waals surface area contributed by atoms with Crippen LogP contribution in [-0.2, 0) is 0 Å². The van der Waals surface area contributed by atoms with Gasteiger partial charge in [-0.15, -0.1) is 0 Å². The maximum absolute atomic E-state index is 14.5. The van der Waals surface area contributed by atoms with E-state index in [1.54, 1.807) is 17.9 Å². The van der Waals surface area contributed by atoms with Crippen LogP contribution in [0.3, 0.4) is 0 Å². The molecule has 158 valence electrons. The third-order valence-corrected chi connectivity index (χ3v) is 5.66. The lowest BCUT2D eigenvalue weighted by Gasteiger charge is -2.40. The summed E-state index contributed by atoms with van der Waals surface area (Å²) in [7, 11) is 0. The van der Waals surface area contributed by atoms with Gasteiger partial charge in [0.1, 0.15) is 5.82 Å². The van der Waals surface area contributed by atoms with Gasteiger partial charge in [0, 0.05) is 31.6 Å². The fourth-order valence-electron chi connectivity index (χ4n) is 3.86. The van der Waals surface area contributed by atoms with Crippen molar-refractivity contribution >= 4 is 17.3 Å². The van der Waals surface area contributed by atoms with Gasteiger partial charge in [-0.2, -0.15) is 0 Å². The lowest BCUT2D eigenvalue weighted by atomic mass is 9.97. The van der Waals surface area contributed by atoms with Crippen molar-refractivity contribution in [1.29, 1.82) is 0 Å². The molecule has 0 saturated carbocycles. The van der Waals surface area contributed by atoms with Crippen LogP contribution < -0.4 is 10.6 Å². The standard InChI is InChI=1S/C23H24F3N3O/c1-14-6-9-20(19(25)10-14)28-22-17(7-8-18(24)21(22)26)23(30)29-12-15(13-29)11-27-16-4-2-3-5-16/h2-3,6-10,15-16,27-28H,4-5,11-13H2,1H3. The molecule has 2 aliphatic rings. The summed E-state index contributed by atoms with van der Waals surface area (Å²) < 4.78 is 42.6. The van der Waals surface area contributed by atoms with E-state index in [2.05, 4.69) is 22.8 Å². The topological polar surface area (TPSA) is 44.4 Å². The predicted octanol–water partition coefficient (Wildman–Crippen LogP) is 4.54. The van der Waals surface area contributed by atoms with Crippen molar-refractivity contribution in [3.8, 4) is 0 Å². The molecule has 1 aliphatic carbocycles. The zero-order chi connectivity index (χ0) is 21.3. The van der Waals surface area contributed by atoms with E-state index in [-0.39, 0.29) is 16.9 Å². The summed E-state index contributed by atoms with van der Waals surface area (Å²) in [6.07, 6.45) is 6.36. The third kappa shape index (κ3) is 4.21. The van der Waals surface area contributed by atoms with Crippen molar-refractivity contribution in [1.82, 2.24) is 10.2 Å². The van der Waals surface area contributed by atoms with Gasteiger partial charge in [-0.1, -0.05) is 18.2 Å². The molecule has 1 heterocycles. The Kier molecular flexibility index (Phi) is 5.81. The summed E-state index contributed by atoms with van der Waals surface area (Å²) in [6.45, 7) is 3.63. The summed E-state index contributed by atoms with van der Waals surface area (Å²) in [4.78, 5) is 14.5. The Morgan fingerprint density at radius 3 is 2.50 bits per heavy atom. The van der Waals surface area contributed by atoms with Crippen LogP contribution in [0.5, 0.6) is 0 Å². The van der Waals surface area contributed by atoms with Crippen LogP contribution in [0.15, 0.2) is 42.5 Å². The molecule has 1 saturated heterocycles. The van der Waals surface area contributed by atoms with Gasteiger partial charge in [-0.3, -0.25) is 4.79 Å². The average molecular weight is 415 g/mol. The molecule has 2 aromatic carbocycles. The van der Waals surface area contributed by atoms with Crippen molar-refractivity contribution in [2.24, 2.45) is 5.92 Å². The van der Waals surface area contributed by atoms with E-state index in [1.165, 1.54) is 18.2 Å². The van der Waals surface area contributed by atoms with Gasteiger partial charge < -0.3 is 15.5 Å². The first-order valence-corrected chi connectivity index (χ1v) is 10.1. The molecule has 7 heteroatoms. The molecule has 0 atom stereocenters. The first-order valence-electron chi connectivity index (χ1n) is 10.1. The van der Waals surface area contributed by atoms with Crippen LogP contribution in [-0.4, -0.2) is 36.5 Å². The van der Waals surface area contributed by atoms with Crippen LogP contribution in [0.2, 0.25) is 0 Å². The van der Waals surface area contributed by atoms with Crippen molar-refractivity contribution in [2.75, 3.05) is 25.0 Å². The Hall–Kier alpha value is -2.80. The van der Waals surface area contributed by atoms with Gasteiger partial charge in [0.05, 0.1) is 16.9 Å². The van der Waals surface area contributed by atoms with Crippen molar-refractivity contribution in [3.63, 3.8) is 0 Å². The summed E-state index contributed by atoms with van der Waals surface area (Å²) >= 11 is 0. The van der Waals surface area contributed by atoms with Crippen molar-refractivity contribution < 1.29 is 18.0 Å². The Bertz CT molecular complexity index is 978. The highest BCUT2D eigenvalue weighted by Gasteiger charge is 2.33. The highest BCUT2D eigenvalue weighted by molar-refractivity contribution is 6.01. The molecule has 0 spiro atoms. The lowest BCUT2D eigenvalue weighted by Crippen LogP contribution is -2.54. The van der Waals surface area contributed by atoms with Gasteiger partial charge in [0.25, 0.3) is 5.91 Å². The molecule has 1 fully saturated rings. The normalized spacial score (nSPS) is 16.7. The highest BCUT2D eigenvalue weighted by atomic mass is 19.2. The number of carbonyl (C=O) groups excluding carboxylic acids is 1. The number of carbonyl (C=O) groups is 1. The number of likely N-dealkylation sites (tertiary alicyclic amines) is 1.